The van der Waals surface area contributed by atoms with Gasteiger partial charge in [0.25, 0.3) is 0 Å². The Kier molecular flexibility index (Phi) is 3.75. The van der Waals surface area contributed by atoms with Crippen LogP contribution in [0.5, 0.6) is 0 Å². The second-order valence-electron chi connectivity index (χ2n) is 5.58. The topological polar surface area (TPSA) is 54.1 Å². The van der Waals surface area contributed by atoms with E-state index in [1.54, 1.807) is 11.3 Å². The first-order valence-corrected chi connectivity index (χ1v) is 8.97. The molecule has 0 saturated heterocycles. The van der Waals surface area contributed by atoms with Gasteiger partial charge < -0.3 is 9.72 Å². The van der Waals surface area contributed by atoms with Gasteiger partial charge in [-0.15, -0.1) is 11.3 Å². The second-order valence-corrected chi connectivity index (χ2v) is 8.08. The molecule has 0 spiro atoms. The maximum Gasteiger partial charge on any atom is 0.323 e. The number of carbonyl (C=O) groups is 1. The molecule has 0 bridgehead atoms. The summed E-state index contributed by atoms with van der Waals surface area (Å²) < 4.78 is 6.04. The standard InChI is InChI=1S/C17H15BrN2O2S/c1-22-17(21)12-8-10-9-4-2-3-5-11(9)19-15(10)16(20-12)13-6-7-14(18)23-13/h2-7,12,16,19-20H,8H2,1H3/t12-,16-/m1/s1. The number of para-hydroxylation sites is 1. The van der Waals surface area contributed by atoms with Gasteiger partial charge in [-0.05, 0) is 39.7 Å². The van der Waals surface area contributed by atoms with Crippen LogP contribution in [0, 0.1) is 0 Å². The molecule has 23 heavy (non-hydrogen) atoms. The minimum Gasteiger partial charge on any atom is -0.468 e. The molecule has 2 N–H and O–H groups in total. The van der Waals surface area contributed by atoms with E-state index in [0.717, 1.165) is 15.0 Å². The minimum atomic E-state index is -0.336. The van der Waals surface area contributed by atoms with Crippen molar-refractivity contribution in [3.63, 3.8) is 0 Å². The third-order valence-electron chi connectivity index (χ3n) is 4.28. The predicted molar refractivity (Wildman–Crippen MR) is 94.8 cm³/mol. The molecule has 4 nitrogen and oxygen atoms in total. The maximum absolute atomic E-state index is 12.1. The molecule has 2 aromatic heterocycles. The lowest BCUT2D eigenvalue weighted by atomic mass is 9.93. The molecule has 1 aliphatic heterocycles. The summed E-state index contributed by atoms with van der Waals surface area (Å²) in [6.07, 6.45) is 0.634. The van der Waals surface area contributed by atoms with Gasteiger partial charge in [0.1, 0.15) is 6.04 Å². The van der Waals surface area contributed by atoms with E-state index >= 15 is 0 Å². The molecule has 118 valence electrons. The smallest absolute Gasteiger partial charge is 0.323 e. The number of H-pyrrole nitrogens is 1. The highest BCUT2D eigenvalue weighted by Crippen LogP contribution is 2.38. The molecule has 0 aliphatic carbocycles. The van der Waals surface area contributed by atoms with E-state index < -0.39 is 0 Å². The van der Waals surface area contributed by atoms with Gasteiger partial charge in [0.05, 0.1) is 16.9 Å². The SMILES string of the molecule is COC(=O)[C@H]1Cc2c([nH]c3ccccc23)[C@@H](c2ccc(Br)s2)N1. The summed E-state index contributed by atoms with van der Waals surface area (Å²) in [6.45, 7) is 0. The molecule has 6 heteroatoms. The Bertz CT molecular complexity index is 886. The van der Waals surface area contributed by atoms with Gasteiger partial charge in [-0.3, -0.25) is 10.1 Å². The van der Waals surface area contributed by atoms with Crippen LogP contribution < -0.4 is 5.32 Å². The van der Waals surface area contributed by atoms with Crippen molar-refractivity contribution in [3.8, 4) is 0 Å². The number of hydrogen-bond acceptors (Lipinski definition) is 4. The lowest BCUT2D eigenvalue weighted by Crippen LogP contribution is -2.45. The lowest BCUT2D eigenvalue weighted by Gasteiger charge is -2.29. The zero-order valence-electron chi connectivity index (χ0n) is 12.4. The van der Waals surface area contributed by atoms with E-state index in [1.165, 1.54) is 22.9 Å². The molecular weight excluding hydrogens is 376 g/mol. The van der Waals surface area contributed by atoms with Crippen LogP contribution in [0.15, 0.2) is 40.2 Å². The fourth-order valence-corrected chi connectivity index (χ4v) is 4.73. The van der Waals surface area contributed by atoms with Crippen molar-refractivity contribution >= 4 is 44.1 Å². The third-order valence-corrected chi connectivity index (χ3v) is 5.96. The van der Waals surface area contributed by atoms with Crippen LogP contribution in [0.25, 0.3) is 10.9 Å². The molecule has 1 aliphatic rings. The monoisotopic (exact) mass is 390 g/mol. The molecule has 0 saturated carbocycles. The first-order chi connectivity index (χ1) is 11.2. The number of fused-ring (bicyclic) bond motifs is 3. The summed E-state index contributed by atoms with van der Waals surface area (Å²) in [5.41, 5.74) is 3.44. The van der Waals surface area contributed by atoms with E-state index in [4.69, 9.17) is 4.74 Å². The average Bonchev–Trinajstić information content (AvgIpc) is 3.16. The van der Waals surface area contributed by atoms with Crippen molar-refractivity contribution in [2.24, 2.45) is 0 Å². The highest BCUT2D eigenvalue weighted by molar-refractivity contribution is 9.11. The van der Waals surface area contributed by atoms with E-state index in [-0.39, 0.29) is 18.1 Å². The van der Waals surface area contributed by atoms with Gasteiger partial charge in [-0.25, -0.2) is 0 Å². The van der Waals surface area contributed by atoms with Crippen molar-refractivity contribution in [1.82, 2.24) is 10.3 Å². The molecule has 0 unspecified atom stereocenters. The van der Waals surface area contributed by atoms with E-state index in [9.17, 15) is 4.79 Å². The number of aromatic nitrogens is 1. The predicted octanol–water partition coefficient (Wildman–Crippen LogP) is 3.77. The highest BCUT2D eigenvalue weighted by atomic mass is 79.9. The summed E-state index contributed by atoms with van der Waals surface area (Å²) in [7, 11) is 1.44. The third kappa shape index (κ3) is 2.51. The number of ether oxygens (including phenoxy) is 1. The van der Waals surface area contributed by atoms with Crippen molar-refractivity contribution in [2.75, 3.05) is 7.11 Å². The molecular formula is C17H15BrN2O2S. The normalized spacial score (nSPS) is 20.4. The number of aromatic amines is 1. The molecule has 2 atom stereocenters. The van der Waals surface area contributed by atoms with Crippen LogP contribution in [0.3, 0.4) is 0 Å². The molecule has 0 amide bonds. The van der Waals surface area contributed by atoms with Gasteiger partial charge in [-0.2, -0.15) is 0 Å². The molecule has 4 rings (SSSR count). The van der Waals surface area contributed by atoms with Crippen molar-refractivity contribution in [1.29, 1.82) is 0 Å². The first kappa shape index (κ1) is 14.9. The number of thiophene rings is 1. The van der Waals surface area contributed by atoms with Crippen LogP contribution in [0.2, 0.25) is 0 Å². The molecule has 0 fully saturated rings. The molecule has 0 radical (unpaired) electrons. The van der Waals surface area contributed by atoms with Crippen LogP contribution in [-0.4, -0.2) is 24.1 Å². The summed E-state index contributed by atoms with van der Waals surface area (Å²) in [5, 5.41) is 4.61. The summed E-state index contributed by atoms with van der Waals surface area (Å²) in [4.78, 5) is 16.8. The number of halogens is 1. The number of hydrogen-bond donors (Lipinski definition) is 2. The quantitative estimate of drug-likeness (QED) is 0.654. The average molecular weight is 391 g/mol. The number of carbonyl (C=O) groups excluding carboxylic acids is 1. The maximum atomic E-state index is 12.1. The van der Waals surface area contributed by atoms with Gasteiger partial charge in [-0.1, -0.05) is 18.2 Å². The number of rotatable bonds is 2. The van der Waals surface area contributed by atoms with Crippen molar-refractivity contribution in [2.45, 2.75) is 18.5 Å². The fraction of sp³-hybridized carbons (Fsp3) is 0.235. The van der Waals surface area contributed by atoms with Crippen LogP contribution in [-0.2, 0) is 16.0 Å². The largest absolute Gasteiger partial charge is 0.468 e. The van der Waals surface area contributed by atoms with Crippen molar-refractivity contribution in [3.05, 3.63) is 56.3 Å². The molecule has 3 heterocycles. The molecule has 3 aromatic rings. The van der Waals surface area contributed by atoms with Crippen molar-refractivity contribution < 1.29 is 9.53 Å². The Hall–Kier alpha value is -1.63. The zero-order chi connectivity index (χ0) is 16.0. The van der Waals surface area contributed by atoms with Gasteiger partial charge in [0.15, 0.2) is 0 Å². The number of benzene rings is 1. The van der Waals surface area contributed by atoms with Crippen LogP contribution in [0.4, 0.5) is 0 Å². The zero-order valence-corrected chi connectivity index (χ0v) is 14.8. The highest BCUT2D eigenvalue weighted by Gasteiger charge is 2.34. The van der Waals surface area contributed by atoms with E-state index in [2.05, 4.69) is 44.4 Å². The number of methoxy groups -OCH3 is 1. The Morgan fingerprint density at radius 1 is 1.30 bits per heavy atom. The van der Waals surface area contributed by atoms with Crippen LogP contribution >= 0.6 is 27.3 Å². The Labute approximate surface area is 146 Å². The Balaban J connectivity index is 1.87. The Morgan fingerprint density at radius 2 is 2.13 bits per heavy atom. The minimum absolute atomic E-state index is 0.0356. The summed E-state index contributed by atoms with van der Waals surface area (Å²) in [5.74, 6) is -0.221. The first-order valence-electron chi connectivity index (χ1n) is 7.36. The summed E-state index contributed by atoms with van der Waals surface area (Å²) >= 11 is 5.19. The Morgan fingerprint density at radius 3 is 2.87 bits per heavy atom. The number of esters is 1. The van der Waals surface area contributed by atoms with Gasteiger partial charge in [0.2, 0.25) is 0 Å². The van der Waals surface area contributed by atoms with Gasteiger partial charge in [0, 0.05) is 27.9 Å². The molecule has 1 aromatic carbocycles. The summed E-state index contributed by atoms with van der Waals surface area (Å²) in [6, 6.07) is 12.0. The van der Waals surface area contributed by atoms with E-state index in [1.807, 2.05) is 18.2 Å². The fourth-order valence-electron chi connectivity index (χ4n) is 3.24. The van der Waals surface area contributed by atoms with Gasteiger partial charge >= 0.3 is 5.97 Å². The van der Waals surface area contributed by atoms with Crippen LogP contribution in [0.1, 0.15) is 22.2 Å². The second kappa shape index (κ2) is 5.78. The lowest BCUT2D eigenvalue weighted by molar-refractivity contribution is -0.143. The van der Waals surface area contributed by atoms with E-state index in [0.29, 0.717) is 6.42 Å². The number of nitrogens with one attached hydrogen (secondary N) is 2.